The van der Waals surface area contributed by atoms with Crippen LogP contribution in [0.3, 0.4) is 0 Å². The molecule has 1 aromatic heterocycles. The van der Waals surface area contributed by atoms with E-state index in [2.05, 4.69) is 17.7 Å². The van der Waals surface area contributed by atoms with E-state index >= 15 is 0 Å². The van der Waals surface area contributed by atoms with Crippen molar-refractivity contribution in [2.75, 3.05) is 37.5 Å². The van der Waals surface area contributed by atoms with Crippen molar-refractivity contribution < 1.29 is 9.18 Å². The molecule has 0 atom stereocenters. The van der Waals surface area contributed by atoms with Gasteiger partial charge in [0.1, 0.15) is 17.4 Å². The minimum atomic E-state index is -0.385. The van der Waals surface area contributed by atoms with Crippen LogP contribution < -0.4 is 16.6 Å². The first-order chi connectivity index (χ1) is 18.1. The number of nitriles is 1. The molecule has 1 aliphatic heterocycles. The van der Waals surface area contributed by atoms with Crippen molar-refractivity contribution in [3.63, 3.8) is 0 Å². The SMILES string of the molecule is CCl.N.N#Cc1c(N2CCN(C(=O)c3ccc(F)cc3)CC2)c2ccccc2n(Cc2ccccc2)c1=O. The fraction of sp³-hybridized carbons (Fsp3) is 0.207. The van der Waals surface area contributed by atoms with E-state index in [1.807, 2.05) is 59.5 Å². The minimum absolute atomic E-state index is 0. The van der Waals surface area contributed by atoms with E-state index in [9.17, 15) is 19.2 Å². The third-order valence-electron chi connectivity index (χ3n) is 6.42. The Morgan fingerprint density at radius 2 is 1.53 bits per heavy atom. The zero-order valence-corrected chi connectivity index (χ0v) is 21.9. The number of para-hydroxylation sites is 1. The molecule has 9 heteroatoms. The first-order valence-electron chi connectivity index (χ1n) is 11.8. The van der Waals surface area contributed by atoms with E-state index in [0.717, 1.165) is 16.5 Å². The first kappa shape index (κ1) is 28.4. The van der Waals surface area contributed by atoms with Crippen molar-refractivity contribution in [1.29, 1.82) is 5.26 Å². The molecule has 5 rings (SSSR count). The molecule has 3 N–H and O–H groups in total. The molecule has 3 aromatic carbocycles. The topological polar surface area (TPSA) is 104 Å². The average Bonchev–Trinajstić information content (AvgIpc) is 2.96. The van der Waals surface area contributed by atoms with Gasteiger partial charge in [-0.3, -0.25) is 9.59 Å². The number of fused-ring (bicyclic) bond motifs is 1. The second-order valence-corrected chi connectivity index (χ2v) is 8.52. The second-order valence-electron chi connectivity index (χ2n) is 8.52. The highest BCUT2D eigenvalue weighted by molar-refractivity contribution is 6.15. The number of amides is 1. The van der Waals surface area contributed by atoms with E-state index in [-0.39, 0.29) is 29.0 Å². The fourth-order valence-electron chi connectivity index (χ4n) is 4.65. The summed E-state index contributed by atoms with van der Waals surface area (Å²) in [7, 11) is 0. The summed E-state index contributed by atoms with van der Waals surface area (Å²) < 4.78 is 14.9. The smallest absolute Gasteiger partial charge is 0.271 e. The van der Waals surface area contributed by atoms with Gasteiger partial charge in [0.05, 0.1) is 17.7 Å². The molecular formula is C29H29ClFN5O2. The second kappa shape index (κ2) is 12.9. The van der Waals surface area contributed by atoms with E-state index in [1.165, 1.54) is 30.6 Å². The maximum atomic E-state index is 13.5. The molecule has 1 amide bonds. The van der Waals surface area contributed by atoms with Gasteiger partial charge in [0, 0.05) is 43.5 Å². The number of hydrogen-bond acceptors (Lipinski definition) is 5. The lowest BCUT2D eigenvalue weighted by Gasteiger charge is -2.37. The zero-order chi connectivity index (χ0) is 26.4. The normalized spacial score (nSPS) is 12.7. The summed E-state index contributed by atoms with van der Waals surface area (Å²) in [5, 5.41) is 10.8. The standard InChI is InChI=1S/C28H23FN4O2.CH3Cl.H3N/c29-22-12-10-21(11-13-22)27(34)32-16-14-31(15-17-32)26-23-8-4-5-9-25(23)33(28(35)24(26)18-30)19-20-6-2-1-3-7-20;1-2;/h1-13H,14-17,19H2;1H3;1H3. The molecule has 196 valence electrons. The largest absolute Gasteiger partial charge is 0.366 e. The van der Waals surface area contributed by atoms with Gasteiger partial charge in [0.25, 0.3) is 11.5 Å². The van der Waals surface area contributed by atoms with Crippen LogP contribution in [0.5, 0.6) is 0 Å². The maximum Gasteiger partial charge on any atom is 0.271 e. The number of halogens is 2. The Balaban J connectivity index is 0.00000130. The van der Waals surface area contributed by atoms with Crippen molar-refractivity contribution in [1.82, 2.24) is 15.6 Å². The number of pyridine rings is 1. The Morgan fingerprint density at radius 3 is 2.16 bits per heavy atom. The minimum Gasteiger partial charge on any atom is -0.366 e. The number of carbonyl (C=O) groups is 1. The molecule has 1 fully saturated rings. The highest BCUT2D eigenvalue weighted by Gasteiger charge is 2.27. The Kier molecular flexibility index (Phi) is 9.61. The predicted molar refractivity (Wildman–Crippen MR) is 150 cm³/mol. The first-order valence-corrected chi connectivity index (χ1v) is 12.6. The van der Waals surface area contributed by atoms with E-state index in [0.29, 0.717) is 44.0 Å². The van der Waals surface area contributed by atoms with Crippen molar-refractivity contribution in [2.45, 2.75) is 6.54 Å². The molecule has 7 nitrogen and oxygen atoms in total. The summed E-state index contributed by atoms with van der Waals surface area (Å²) >= 11 is 4.64. The van der Waals surface area contributed by atoms with Crippen LogP contribution in [0.15, 0.2) is 83.7 Å². The molecule has 38 heavy (non-hydrogen) atoms. The number of nitrogens with zero attached hydrogens (tertiary/aromatic N) is 4. The molecule has 0 saturated carbocycles. The molecule has 0 radical (unpaired) electrons. The van der Waals surface area contributed by atoms with Crippen LogP contribution in [-0.4, -0.2) is 47.9 Å². The lowest BCUT2D eigenvalue weighted by molar-refractivity contribution is 0.0747. The van der Waals surface area contributed by atoms with Crippen LogP contribution in [0.1, 0.15) is 21.5 Å². The van der Waals surface area contributed by atoms with E-state index in [1.54, 1.807) is 9.47 Å². The molecule has 0 unspecified atom stereocenters. The van der Waals surface area contributed by atoms with Gasteiger partial charge < -0.3 is 20.5 Å². The van der Waals surface area contributed by atoms with Gasteiger partial charge in [0.2, 0.25) is 0 Å². The molecule has 1 saturated heterocycles. The molecule has 2 heterocycles. The third-order valence-corrected chi connectivity index (χ3v) is 6.42. The van der Waals surface area contributed by atoms with Gasteiger partial charge in [-0.15, -0.1) is 11.6 Å². The van der Waals surface area contributed by atoms with Gasteiger partial charge in [0.15, 0.2) is 0 Å². The fourth-order valence-corrected chi connectivity index (χ4v) is 4.65. The Bertz CT molecular complexity index is 1490. The number of anilines is 1. The van der Waals surface area contributed by atoms with E-state index in [4.69, 9.17) is 0 Å². The van der Waals surface area contributed by atoms with Crippen LogP contribution >= 0.6 is 11.6 Å². The number of benzene rings is 3. The van der Waals surface area contributed by atoms with Crippen molar-refractivity contribution >= 4 is 34.1 Å². The van der Waals surface area contributed by atoms with Crippen LogP contribution in [0.2, 0.25) is 0 Å². The summed E-state index contributed by atoms with van der Waals surface area (Å²) in [6, 6.07) is 25.0. The molecule has 0 aliphatic carbocycles. The van der Waals surface area contributed by atoms with Crippen LogP contribution in [0, 0.1) is 17.1 Å². The molecule has 4 aromatic rings. The molecule has 0 spiro atoms. The van der Waals surface area contributed by atoms with Gasteiger partial charge in [-0.2, -0.15) is 5.26 Å². The number of aromatic nitrogens is 1. The lowest BCUT2D eigenvalue weighted by Crippen LogP contribution is -2.49. The predicted octanol–water partition coefficient (Wildman–Crippen LogP) is 5.04. The summed E-state index contributed by atoms with van der Waals surface area (Å²) in [6.07, 6.45) is 1.47. The summed E-state index contributed by atoms with van der Waals surface area (Å²) in [6.45, 7) is 2.20. The van der Waals surface area contributed by atoms with Gasteiger partial charge in [-0.1, -0.05) is 48.5 Å². The van der Waals surface area contributed by atoms with Gasteiger partial charge in [-0.05, 0) is 35.9 Å². The van der Waals surface area contributed by atoms with Crippen LogP contribution in [0.4, 0.5) is 10.1 Å². The van der Waals surface area contributed by atoms with Gasteiger partial charge >= 0.3 is 0 Å². The van der Waals surface area contributed by atoms with Crippen LogP contribution in [0.25, 0.3) is 10.9 Å². The Morgan fingerprint density at radius 1 is 0.921 bits per heavy atom. The van der Waals surface area contributed by atoms with Crippen LogP contribution in [-0.2, 0) is 6.54 Å². The van der Waals surface area contributed by atoms with Crippen molar-refractivity contribution in [2.24, 2.45) is 0 Å². The molecule has 0 bridgehead atoms. The number of carbonyl (C=O) groups excluding carboxylic acids is 1. The molecule has 1 aliphatic rings. The Hall–Kier alpha value is -4.19. The summed E-state index contributed by atoms with van der Waals surface area (Å²) in [4.78, 5) is 30.1. The average molecular weight is 534 g/mol. The summed E-state index contributed by atoms with van der Waals surface area (Å²) in [5.74, 6) is -0.544. The van der Waals surface area contributed by atoms with Gasteiger partial charge in [-0.25, -0.2) is 4.39 Å². The number of piperazine rings is 1. The number of alkyl halides is 1. The third kappa shape index (κ3) is 5.70. The molecular weight excluding hydrogens is 505 g/mol. The zero-order valence-electron chi connectivity index (χ0n) is 21.1. The highest BCUT2D eigenvalue weighted by atomic mass is 35.5. The quantitative estimate of drug-likeness (QED) is 0.370. The van der Waals surface area contributed by atoms with Crippen molar-refractivity contribution in [3.8, 4) is 6.07 Å². The van der Waals surface area contributed by atoms with E-state index < -0.39 is 0 Å². The van der Waals surface area contributed by atoms with Crippen molar-refractivity contribution in [3.05, 3.63) is 112 Å². The number of rotatable bonds is 4. The Labute approximate surface area is 225 Å². The summed E-state index contributed by atoms with van der Waals surface area (Å²) in [5.41, 5.74) is 2.58. The number of hydrogen-bond donors (Lipinski definition) is 1. The monoisotopic (exact) mass is 533 g/mol. The maximum absolute atomic E-state index is 13.5. The lowest BCUT2D eigenvalue weighted by atomic mass is 10.1. The highest BCUT2D eigenvalue weighted by Crippen LogP contribution is 2.30.